The Bertz CT molecular complexity index is 443. The quantitative estimate of drug-likeness (QED) is 0.618. The topological polar surface area (TPSA) is 78.6 Å². The summed E-state index contributed by atoms with van der Waals surface area (Å²) in [5, 5.41) is 0. The molecule has 0 aromatic heterocycles. The lowest BCUT2D eigenvalue weighted by Gasteiger charge is -2.10. The second-order valence-corrected chi connectivity index (χ2v) is 3.68. The van der Waals surface area contributed by atoms with Gasteiger partial charge in [0.25, 0.3) is 5.91 Å². The average molecular weight is 251 g/mol. The molecule has 0 heterocycles. The third-order valence-electron chi connectivity index (χ3n) is 2.20. The molecule has 0 aliphatic heterocycles. The Balaban J connectivity index is 2.92. The molecule has 1 aromatic rings. The van der Waals surface area contributed by atoms with Gasteiger partial charge in [-0.3, -0.25) is 9.59 Å². The minimum absolute atomic E-state index is 0.271. The average Bonchev–Trinajstić information content (AvgIpc) is 2.29. The number of primary amides is 1. The zero-order valence-corrected chi connectivity index (χ0v) is 10.6. The van der Waals surface area contributed by atoms with Crippen molar-refractivity contribution in [3.05, 3.63) is 23.8 Å². The highest BCUT2D eigenvalue weighted by Gasteiger charge is 2.12. The molecule has 0 saturated carbocycles. The molecule has 0 fully saturated rings. The van der Waals surface area contributed by atoms with E-state index < -0.39 is 5.91 Å². The van der Waals surface area contributed by atoms with Crippen LogP contribution in [0.25, 0.3) is 0 Å². The summed E-state index contributed by atoms with van der Waals surface area (Å²) < 4.78 is 10.4. The van der Waals surface area contributed by atoms with Crippen molar-refractivity contribution in [3.63, 3.8) is 0 Å². The maximum absolute atomic E-state index is 11.3. The molecule has 5 heteroatoms. The molecule has 0 spiro atoms. The van der Waals surface area contributed by atoms with Gasteiger partial charge in [0.15, 0.2) is 0 Å². The zero-order chi connectivity index (χ0) is 13.5. The number of nitrogens with two attached hydrogens (primary N) is 1. The van der Waals surface area contributed by atoms with Gasteiger partial charge in [-0.1, -0.05) is 6.92 Å². The number of amides is 1. The van der Waals surface area contributed by atoms with Gasteiger partial charge in [-0.15, -0.1) is 0 Å². The molecule has 0 aliphatic carbocycles. The smallest absolute Gasteiger partial charge is 0.311 e. The zero-order valence-electron chi connectivity index (χ0n) is 10.6. The van der Waals surface area contributed by atoms with Gasteiger partial charge < -0.3 is 15.2 Å². The SMILES string of the molecule is CCCC(=O)Oc1ccc(C(N)=O)c(OCC)c1. The molecule has 5 nitrogen and oxygen atoms in total. The number of hydrogen-bond donors (Lipinski definition) is 1. The summed E-state index contributed by atoms with van der Waals surface area (Å²) in [6.07, 6.45) is 1.07. The van der Waals surface area contributed by atoms with Gasteiger partial charge in [0, 0.05) is 12.5 Å². The predicted molar refractivity (Wildman–Crippen MR) is 66.7 cm³/mol. The van der Waals surface area contributed by atoms with E-state index in [0.717, 1.165) is 6.42 Å². The maximum atomic E-state index is 11.3. The van der Waals surface area contributed by atoms with Gasteiger partial charge in [0.05, 0.1) is 12.2 Å². The van der Waals surface area contributed by atoms with Gasteiger partial charge in [-0.25, -0.2) is 0 Å². The van der Waals surface area contributed by atoms with Gasteiger partial charge in [0.2, 0.25) is 0 Å². The monoisotopic (exact) mass is 251 g/mol. The molecule has 0 bridgehead atoms. The maximum Gasteiger partial charge on any atom is 0.311 e. The lowest BCUT2D eigenvalue weighted by atomic mass is 10.2. The van der Waals surface area contributed by atoms with E-state index in [1.807, 2.05) is 6.92 Å². The number of esters is 1. The first-order valence-electron chi connectivity index (χ1n) is 5.85. The van der Waals surface area contributed by atoms with Gasteiger partial charge >= 0.3 is 5.97 Å². The molecule has 0 aliphatic rings. The molecule has 18 heavy (non-hydrogen) atoms. The summed E-state index contributed by atoms with van der Waals surface area (Å²) in [6, 6.07) is 4.51. The van der Waals surface area contributed by atoms with Gasteiger partial charge in [-0.2, -0.15) is 0 Å². The highest BCUT2D eigenvalue weighted by atomic mass is 16.5. The second-order valence-electron chi connectivity index (χ2n) is 3.68. The van der Waals surface area contributed by atoms with Crippen LogP contribution in [0.4, 0.5) is 0 Å². The van der Waals surface area contributed by atoms with Crippen molar-refractivity contribution in [2.75, 3.05) is 6.61 Å². The molecular weight excluding hydrogens is 234 g/mol. The van der Waals surface area contributed by atoms with E-state index in [-0.39, 0.29) is 11.5 Å². The molecule has 0 radical (unpaired) electrons. The highest BCUT2D eigenvalue weighted by molar-refractivity contribution is 5.95. The van der Waals surface area contributed by atoms with E-state index in [1.54, 1.807) is 6.92 Å². The second kappa shape index (κ2) is 6.64. The lowest BCUT2D eigenvalue weighted by molar-refractivity contribution is -0.134. The molecular formula is C13H17NO4. The van der Waals surface area contributed by atoms with Crippen molar-refractivity contribution in [1.82, 2.24) is 0 Å². The summed E-state index contributed by atoms with van der Waals surface area (Å²) in [6.45, 7) is 4.08. The fourth-order valence-corrected chi connectivity index (χ4v) is 1.43. The minimum atomic E-state index is -0.579. The largest absolute Gasteiger partial charge is 0.493 e. The van der Waals surface area contributed by atoms with Crippen LogP contribution in [-0.4, -0.2) is 18.5 Å². The number of carbonyl (C=O) groups is 2. The Morgan fingerprint density at radius 2 is 2.00 bits per heavy atom. The number of rotatable bonds is 6. The molecule has 1 rings (SSSR count). The van der Waals surface area contributed by atoms with E-state index in [1.165, 1.54) is 18.2 Å². The lowest BCUT2D eigenvalue weighted by Crippen LogP contribution is -2.13. The van der Waals surface area contributed by atoms with Crippen LogP contribution in [0.1, 0.15) is 37.0 Å². The third-order valence-corrected chi connectivity index (χ3v) is 2.20. The number of ether oxygens (including phenoxy) is 2. The van der Waals surface area contributed by atoms with Crippen LogP contribution < -0.4 is 15.2 Å². The van der Waals surface area contributed by atoms with Crippen molar-refractivity contribution >= 4 is 11.9 Å². The van der Waals surface area contributed by atoms with E-state index in [9.17, 15) is 9.59 Å². The third kappa shape index (κ3) is 3.76. The Morgan fingerprint density at radius 3 is 2.56 bits per heavy atom. The van der Waals surface area contributed by atoms with Gasteiger partial charge in [-0.05, 0) is 25.5 Å². The Morgan fingerprint density at radius 1 is 1.28 bits per heavy atom. The van der Waals surface area contributed by atoms with Crippen molar-refractivity contribution < 1.29 is 19.1 Å². The minimum Gasteiger partial charge on any atom is -0.493 e. The first-order valence-corrected chi connectivity index (χ1v) is 5.85. The molecule has 0 unspecified atom stereocenters. The molecule has 0 saturated heterocycles. The molecule has 2 N–H and O–H groups in total. The summed E-state index contributed by atoms with van der Waals surface area (Å²) in [7, 11) is 0. The first-order chi connectivity index (χ1) is 8.58. The molecule has 1 amide bonds. The van der Waals surface area contributed by atoms with Gasteiger partial charge in [0.1, 0.15) is 11.5 Å². The van der Waals surface area contributed by atoms with E-state index >= 15 is 0 Å². The first kappa shape index (κ1) is 14.0. The number of hydrogen-bond acceptors (Lipinski definition) is 4. The van der Waals surface area contributed by atoms with E-state index in [4.69, 9.17) is 15.2 Å². The number of carbonyl (C=O) groups excluding carboxylic acids is 2. The van der Waals surface area contributed by atoms with Crippen molar-refractivity contribution in [2.24, 2.45) is 5.73 Å². The van der Waals surface area contributed by atoms with Crippen LogP contribution in [0, 0.1) is 0 Å². The van der Waals surface area contributed by atoms with Crippen LogP contribution in [0.2, 0.25) is 0 Å². The summed E-state index contributed by atoms with van der Waals surface area (Å²) in [5.41, 5.74) is 5.49. The van der Waals surface area contributed by atoms with Crippen molar-refractivity contribution in [2.45, 2.75) is 26.7 Å². The standard InChI is InChI=1S/C13H17NO4/c1-3-5-12(15)18-9-6-7-10(13(14)16)11(8-9)17-4-2/h6-8H,3-5H2,1-2H3,(H2,14,16). The molecule has 98 valence electrons. The van der Waals surface area contributed by atoms with Crippen LogP contribution in [0.15, 0.2) is 18.2 Å². The summed E-state index contributed by atoms with van der Waals surface area (Å²) in [5.74, 6) is -0.217. The highest BCUT2D eigenvalue weighted by Crippen LogP contribution is 2.25. The van der Waals surface area contributed by atoms with E-state index in [2.05, 4.69) is 0 Å². The summed E-state index contributed by atoms with van der Waals surface area (Å²) >= 11 is 0. The number of benzene rings is 1. The van der Waals surface area contributed by atoms with Crippen LogP contribution in [0.3, 0.4) is 0 Å². The fraction of sp³-hybridized carbons (Fsp3) is 0.385. The van der Waals surface area contributed by atoms with Crippen molar-refractivity contribution in [3.8, 4) is 11.5 Å². The van der Waals surface area contributed by atoms with E-state index in [0.29, 0.717) is 24.5 Å². The Labute approximate surface area is 106 Å². The van der Waals surface area contributed by atoms with Crippen LogP contribution in [0.5, 0.6) is 11.5 Å². The predicted octanol–water partition coefficient (Wildman–Crippen LogP) is 1.89. The molecule has 0 atom stereocenters. The Kier molecular flexibility index (Phi) is 5.17. The molecule has 1 aromatic carbocycles. The van der Waals surface area contributed by atoms with Crippen LogP contribution in [-0.2, 0) is 4.79 Å². The Hall–Kier alpha value is -2.04. The normalized spacial score (nSPS) is 9.89. The fourth-order valence-electron chi connectivity index (χ4n) is 1.43. The summed E-state index contributed by atoms with van der Waals surface area (Å²) in [4.78, 5) is 22.5. The van der Waals surface area contributed by atoms with Crippen molar-refractivity contribution in [1.29, 1.82) is 0 Å². The van der Waals surface area contributed by atoms with Crippen LogP contribution >= 0.6 is 0 Å².